The minimum atomic E-state index is -0.469. The first-order valence-electron chi connectivity index (χ1n) is 4.68. The van der Waals surface area contributed by atoms with Gasteiger partial charge >= 0.3 is 0 Å². The van der Waals surface area contributed by atoms with Crippen molar-refractivity contribution in [1.82, 2.24) is 0 Å². The third-order valence-electron chi connectivity index (χ3n) is 2.04. The van der Waals surface area contributed by atoms with Crippen molar-refractivity contribution in [3.8, 4) is 0 Å². The molecule has 0 atom stereocenters. The fraction of sp³-hybridized carbons (Fsp3) is 0. The molecule has 0 saturated carbocycles. The van der Waals surface area contributed by atoms with Crippen molar-refractivity contribution in [2.75, 3.05) is 5.32 Å². The Balaban J connectivity index is 2.27. The second-order valence-corrected chi connectivity index (χ2v) is 7.03. The molecule has 7 heteroatoms. The van der Waals surface area contributed by atoms with Crippen LogP contribution >= 0.6 is 54.8 Å². The van der Waals surface area contributed by atoms with Crippen LogP contribution in [0.1, 0.15) is 9.67 Å². The van der Waals surface area contributed by atoms with Gasteiger partial charge in [0.05, 0.1) is 19.4 Å². The number of anilines is 1. The van der Waals surface area contributed by atoms with Gasteiger partial charge in [-0.15, -0.1) is 11.3 Å². The van der Waals surface area contributed by atoms with Crippen molar-refractivity contribution in [1.29, 1.82) is 0 Å². The number of rotatable bonds is 2. The first-order chi connectivity index (χ1) is 8.47. The largest absolute Gasteiger partial charge is 0.319 e. The van der Waals surface area contributed by atoms with Gasteiger partial charge in [-0.25, -0.2) is 4.39 Å². The van der Waals surface area contributed by atoms with Crippen LogP contribution in [0.5, 0.6) is 0 Å². The molecule has 0 unspecified atom stereocenters. The highest BCUT2D eigenvalue weighted by Gasteiger charge is 2.14. The molecule has 1 aromatic carbocycles. The molecule has 18 heavy (non-hydrogen) atoms. The molecule has 0 aliphatic rings. The zero-order chi connectivity index (χ0) is 13.3. The SMILES string of the molecule is O=C(Nc1c(Cl)cc(F)cc1Br)c1ccc(Br)s1. The molecule has 1 N–H and O–H groups in total. The van der Waals surface area contributed by atoms with Gasteiger partial charge in [0.2, 0.25) is 0 Å². The Morgan fingerprint density at radius 2 is 2.06 bits per heavy atom. The van der Waals surface area contributed by atoms with E-state index in [1.807, 2.05) is 0 Å². The van der Waals surface area contributed by atoms with Crippen molar-refractivity contribution in [2.24, 2.45) is 0 Å². The first kappa shape index (κ1) is 14.0. The highest BCUT2D eigenvalue weighted by molar-refractivity contribution is 9.11. The molecule has 2 aromatic rings. The molecule has 1 amide bonds. The van der Waals surface area contributed by atoms with E-state index in [1.54, 1.807) is 12.1 Å². The highest BCUT2D eigenvalue weighted by atomic mass is 79.9. The molecule has 2 rings (SSSR count). The van der Waals surface area contributed by atoms with E-state index in [0.717, 1.165) is 9.85 Å². The second-order valence-electron chi connectivity index (χ2n) is 3.30. The number of carbonyl (C=O) groups excluding carboxylic acids is 1. The lowest BCUT2D eigenvalue weighted by molar-refractivity contribution is 0.103. The average molecular weight is 413 g/mol. The summed E-state index contributed by atoms with van der Waals surface area (Å²) in [6, 6.07) is 5.86. The van der Waals surface area contributed by atoms with E-state index in [-0.39, 0.29) is 10.9 Å². The van der Waals surface area contributed by atoms with Crippen molar-refractivity contribution in [3.63, 3.8) is 0 Å². The van der Waals surface area contributed by atoms with E-state index >= 15 is 0 Å². The summed E-state index contributed by atoms with van der Waals surface area (Å²) in [5, 5.41) is 2.78. The Labute approximate surface area is 128 Å². The Hall–Kier alpha value is -0.430. The summed E-state index contributed by atoms with van der Waals surface area (Å²) in [5.41, 5.74) is 0.354. The smallest absolute Gasteiger partial charge is 0.265 e. The standard InChI is InChI=1S/C11H5Br2ClFNOS/c12-6-3-5(15)4-7(14)10(6)16-11(17)8-1-2-9(13)18-8/h1-4H,(H,16,17). The van der Waals surface area contributed by atoms with E-state index in [9.17, 15) is 9.18 Å². The topological polar surface area (TPSA) is 29.1 Å². The van der Waals surface area contributed by atoms with Crippen molar-refractivity contribution < 1.29 is 9.18 Å². The third-order valence-corrected chi connectivity index (χ3v) is 4.59. The van der Waals surface area contributed by atoms with Gasteiger partial charge in [0.1, 0.15) is 5.82 Å². The maximum absolute atomic E-state index is 13.0. The van der Waals surface area contributed by atoms with Gasteiger partial charge < -0.3 is 5.32 Å². The number of thiophene rings is 1. The van der Waals surface area contributed by atoms with E-state index in [2.05, 4.69) is 37.2 Å². The number of carbonyl (C=O) groups is 1. The van der Waals surface area contributed by atoms with Crippen molar-refractivity contribution >= 4 is 66.4 Å². The summed E-state index contributed by atoms with van der Waals surface area (Å²) in [7, 11) is 0. The number of nitrogens with one attached hydrogen (secondary N) is 1. The summed E-state index contributed by atoms with van der Waals surface area (Å²) in [5.74, 6) is -0.761. The van der Waals surface area contributed by atoms with E-state index in [0.29, 0.717) is 15.0 Å². The van der Waals surface area contributed by atoms with Crippen LogP contribution in [0.25, 0.3) is 0 Å². The lowest BCUT2D eigenvalue weighted by Crippen LogP contribution is -2.11. The van der Waals surface area contributed by atoms with Gasteiger partial charge in [-0.05, 0) is 56.1 Å². The number of benzene rings is 1. The summed E-state index contributed by atoms with van der Waals surface area (Å²) < 4.78 is 14.3. The van der Waals surface area contributed by atoms with E-state index < -0.39 is 5.82 Å². The molecular formula is C11H5Br2ClFNOS. The number of amides is 1. The van der Waals surface area contributed by atoms with Crippen LogP contribution in [-0.4, -0.2) is 5.91 Å². The van der Waals surface area contributed by atoms with Crippen LogP contribution < -0.4 is 5.32 Å². The lowest BCUT2D eigenvalue weighted by Gasteiger charge is -2.08. The van der Waals surface area contributed by atoms with Gasteiger partial charge in [0.25, 0.3) is 5.91 Å². The zero-order valence-electron chi connectivity index (χ0n) is 8.64. The predicted molar refractivity (Wildman–Crippen MR) is 79.1 cm³/mol. The second kappa shape index (κ2) is 5.69. The average Bonchev–Trinajstić information content (AvgIpc) is 2.70. The molecule has 1 heterocycles. The monoisotopic (exact) mass is 411 g/mol. The molecule has 0 fully saturated rings. The number of halogens is 4. The molecule has 0 spiro atoms. The molecule has 94 valence electrons. The minimum absolute atomic E-state index is 0.144. The van der Waals surface area contributed by atoms with Crippen LogP contribution in [0.2, 0.25) is 5.02 Å². The van der Waals surface area contributed by atoms with Crippen molar-refractivity contribution in [3.05, 3.63) is 48.2 Å². The highest BCUT2D eigenvalue weighted by Crippen LogP contribution is 2.32. The fourth-order valence-electron chi connectivity index (χ4n) is 1.27. The summed E-state index contributed by atoms with van der Waals surface area (Å²) >= 11 is 13.6. The van der Waals surface area contributed by atoms with Gasteiger partial charge in [0.15, 0.2) is 0 Å². The van der Waals surface area contributed by atoms with Crippen LogP contribution in [0.15, 0.2) is 32.5 Å². The van der Waals surface area contributed by atoms with Crippen LogP contribution in [-0.2, 0) is 0 Å². The molecule has 0 aliphatic carbocycles. The summed E-state index contributed by atoms with van der Waals surface area (Å²) in [6.07, 6.45) is 0. The predicted octanol–water partition coefficient (Wildman–Crippen LogP) is 5.32. The molecule has 1 aromatic heterocycles. The molecule has 0 saturated heterocycles. The molecule has 2 nitrogen and oxygen atoms in total. The quantitative estimate of drug-likeness (QED) is 0.710. The van der Waals surface area contributed by atoms with Crippen LogP contribution in [0.4, 0.5) is 10.1 Å². The molecule has 0 radical (unpaired) electrons. The lowest BCUT2D eigenvalue weighted by atomic mass is 10.3. The zero-order valence-corrected chi connectivity index (χ0v) is 13.4. The van der Waals surface area contributed by atoms with Crippen LogP contribution in [0.3, 0.4) is 0 Å². The third kappa shape index (κ3) is 3.12. The van der Waals surface area contributed by atoms with Crippen LogP contribution in [0, 0.1) is 5.82 Å². The normalized spacial score (nSPS) is 10.4. The fourth-order valence-corrected chi connectivity index (χ4v) is 3.45. The van der Waals surface area contributed by atoms with Gasteiger partial charge in [-0.2, -0.15) is 0 Å². The first-order valence-corrected chi connectivity index (χ1v) is 7.46. The number of hydrogen-bond donors (Lipinski definition) is 1. The Morgan fingerprint density at radius 3 is 2.61 bits per heavy atom. The summed E-state index contributed by atoms with van der Waals surface area (Å²) in [4.78, 5) is 12.5. The maximum atomic E-state index is 13.0. The molecular weight excluding hydrogens is 408 g/mol. The number of hydrogen-bond acceptors (Lipinski definition) is 2. The minimum Gasteiger partial charge on any atom is -0.319 e. The maximum Gasteiger partial charge on any atom is 0.265 e. The van der Waals surface area contributed by atoms with Gasteiger partial charge in [-0.1, -0.05) is 11.6 Å². The Bertz CT molecular complexity index is 594. The molecule has 0 bridgehead atoms. The summed E-state index contributed by atoms with van der Waals surface area (Å²) in [6.45, 7) is 0. The van der Waals surface area contributed by atoms with E-state index in [4.69, 9.17) is 11.6 Å². The van der Waals surface area contributed by atoms with Gasteiger partial charge in [-0.3, -0.25) is 4.79 Å². The van der Waals surface area contributed by atoms with Crippen molar-refractivity contribution in [2.45, 2.75) is 0 Å². The molecule has 0 aliphatic heterocycles. The van der Waals surface area contributed by atoms with E-state index in [1.165, 1.54) is 17.4 Å². The Morgan fingerprint density at radius 1 is 1.33 bits per heavy atom. The van der Waals surface area contributed by atoms with Gasteiger partial charge in [0, 0.05) is 4.47 Å². The Kier molecular flexibility index (Phi) is 4.42.